The fourth-order valence-corrected chi connectivity index (χ4v) is 3.51. The van der Waals surface area contributed by atoms with Crippen LogP contribution in [0.1, 0.15) is 28.6 Å². The first-order valence-electron chi connectivity index (χ1n) is 10.6. The second kappa shape index (κ2) is 10.4. The lowest BCUT2D eigenvalue weighted by Crippen LogP contribution is -2.30. The summed E-state index contributed by atoms with van der Waals surface area (Å²) in [6.07, 6.45) is 7.33. The van der Waals surface area contributed by atoms with Crippen molar-refractivity contribution in [2.24, 2.45) is 0 Å². The number of hydrogen-bond donors (Lipinski definition) is 1. The van der Waals surface area contributed by atoms with Gasteiger partial charge >= 0.3 is 0 Å². The van der Waals surface area contributed by atoms with Crippen molar-refractivity contribution in [3.63, 3.8) is 0 Å². The second-order valence-corrected chi connectivity index (χ2v) is 7.96. The van der Waals surface area contributed by atoms with Gasteiger partial charge in [-0.05, 0) is 49.8 Å². The number of carbonyl (C=O) groups excluding carboxylic acids is 2. The van der Waals surface area contributed by atoms with E-state index in [1.165, 1.54) is 31.4 Å². The van der Waals surface area contributed by atoms with Crippen molar-refractivity contribution in [2.75, 3.05) is 13.7 Å². The molecule has 2 heterocycles. The number of pyridine rings is 1. The van der Waals surface area contributed by atoms with E-state index in [9.17, 15) is 14.0 Å². The molecule has 8 nitrogen and oxygen atoms in total. The minimum atomic E-state index is -0.569. The van der Waals surface area contributed by atoms with E-state index >= 15 is 0 Å². The summed E-state index contributed by atoms with van der Waals surface area (Å²) in [6, 6.07) is 7.18. The van der Waals surface area contributed by atoms with Crippen LogP contribution in [0.15, 0.2) is 64.7 Å². The average molecular weight is 495 g/mol. The summed E-state index contributed by atoms with van der Waals surface area (Å²) < 4.78 is 24.1. The van der Waals surface area contributed by atoms with Gasteiger partial charge in [0.1, 0.15) is 23.0 Å². The topological polar surface area (TPSA) is 107 Å². The van der Waals surface area contributed by atoms with E-state index in [4.69, 9.17) is 20.9 Å². The maximum Gasteiger partial charge on any atom is 0.254 e. The molecule has 10 heteroatoms. The van der Waals surface area contributed by atoms with Crippen LogP contribution in [0.4, 0.5) is 4.39 Å². The first-order valence-corrected chi connectivity index (χ1v) is 10.9. The van der Waals surface area contributed by atoms with Crippen LogP contribution >= 0.6 is 11.6 Å². The number of ether oxygens (including phenoxy) is 1. The van der Waals surface area contributed by atoms with Crippen LogP contribution in [0.5, 0.6) is 5.75 Å². The van der Waals surface area contributed by atoms with Gasteiger partial charge in [0.2, 0.25) is 0 Å². The summed E-state index contributed by atoms with van der Waals surface area (Å²) in [7, 11) is 1.46. The third-order valence-corrected chi connectivity index (χ3v) is 5.42. The molecule has 1 aromatic carbocycles. The van der Waals surface area contributed by atoms with Gasteiger partial charge in [0.25, 0.3) is 11.8 Å². The zero-order valence-corrected chi connectivity index (χ0v) is 19.6. The highest BCUT2D eigenvalue weighted by atomic mass is 35.5. The number of carbonyl (C=O) groups is 2. The number of nitrogens with zero attached hydrogens (tertiary/aromatic N) is 3. The number of benzene rings is 1. The van der Waals surface area contributed by atoms with E-state index in [2.05, 4.69) is 20.4 Å². The molecule has 178 valence electrons. The number of aryl methyl sites for hydroxylation is 1. The third-order valence-electron chi connectivity index (χ3n) is 5.13. The number of hydrogen-bond acceptors (Lipinski definition) is 7. The molecule has 0 unspecified atom stereocenters. The molecule has 3 aromatic rings. The predicted octanol–water partition coefficient (Wildman–Crippen LogP) is 4.51. The molecule has 2 aromatic heterocycles. The Morgan fingerprint density at radius 1 is 1.20 bits per heavy atom. The standard InChI is InChI=1S/C25H20ClFN4O4/c1-14-29-25(35-31-14)16-5-3-4-15(6-7-16)24(33)28-13-21(32)20-10-11-22(34-2)23(30-20)17-8-9-19(27)18(26)12-17/h3-4,6-12H,5,13H2,1-2H3,(H,28,33). The minimum Gasteiger partial charge on any atom is -0.494 e. The van der Waals surface area contributed by atoms with Crippen molar-refractivity contribution in [1.82, 2.24) is 20.4 Å². The van der Waals surface area contributed by atoms with Crippen molar-refractivity contribution in [2.45, 2.75) is 13.3 Å². The van der Waals surface area contributed by atoms with Crippen LogP contribution in [0.3, 0.4) is 0 Å². The first-order chi connectivity index (χ1) is 16.9. The molecule has 0 radical (unpaired) electrons. The van der Waals surface area contributed by atoms with Crippen molar-refractivity contribution in [3.8, 4) is 17.0 Å². The SMILES string of the molecule is COc1ccc(C(=O)CNC(=O)C2=CC=C(c3nc(C)no3)CC=C2)nc1-c1ccc(F)c(Cl)c1. The normalized spacial score (nSPS) is 13.0. The zero-order valence-electron chi connectivity index (χ0n) is 18.8. The maximum absolute atomic E-state index is 13.6. The Balaban J connectivity index is 1.47. The number of allylic oxidation sites excluding steroid dienone is 4. The summed E-state index contributed by atoms with van der Waals surface area (Å²) in [6.45, 7) is 1.45. The minimum absolute atomic E-state index is 0.0773. The average Bonchev–Trinajstić information content (AvgIpc) is 3.14. The molecule has 0 bridgehead atoms. The van der Waals surface area contributed by atoms with Crippen LogP contribution in [0.25, 0.3) is 16.8 Å². The Hall–Kier alpha value is -4.11. The Labute approximate surface area is 205 Å². The van der Waals surface area contributed by atoms with E-state index in [-0.39, 0.29) is 17.3 Å². The second-order valence-electron chi connectivity index (χ2n) is 7.55. The lowest BCUT2D eigenvalue weighted by atomic mass is 10.1. The lowest BCUT2D eigenvalue weighted by Gasteiger charge is -2.11. The van der Waals surface area contributed by atoms with Gasteiger partial charge in [-0.3, -0.25) is 9.59 Å². The predicted molar refractivity (Wildman–Crippen MR) is 127 cm³/mol. The zero-order chi connectivity index (χ0) is 24.9. The summed E-state index contributed by atoms with van der Waals surface area (Å²) in [5.74, 6) is -0.100. The van der Waals surface area contributed by atoms with Crippen molar-refractivity contribution < 1.29 is 23.2 Å². The molecule has 4 rings (SSSR count). The van der Waals surface area contributed by atoms with Gasteiger partial charge < -0.3 is 14.6 Å². The number of aromatic nitrogens is 3. The number of nitrogens with one attached hydrogen (secondary N) is 1. The van der Waals surface area contributed by atoms with Crippen molar-refractivity contribution in [1.29, 1.82) is 0 Å². The molecule has 1 amide bonds. The number of ketones is 1. The van der Waals surface area contributed by atoms with Gasteiger partial charge in [-0.2, -0.15) is 4.98 Å². The molecule has 1 aliphatic carbocycles. The number of Topliss-reactive ketones (excluding diaryl/α,β-unsaturated/α-hetero) is 1. The number of methoxy groups -OCH3 is 1. The van der Waals surface area contributed by atoms with Gasteiger partial charge in [-0.25, -0.2) is 9.37 Å². The highest BCUT2D eigenvalue weighted by Gasteiger charge is 2.17. The monoisotopic (exact) mass is 494 g/mol. The van der Waals surface area contributed by atoms with Crippen LogP contribution in [-0.4, -0.2) is 40.5 Å². The fraction of sp³-hybridized carbons (Fsp3) is 0.160. The molecule has 35 heavy (non-hydrogen) atoms. The van der Waals surface area contributed by atoms with Gasteiger partial charge in [0, 0.05) is 16.7 Å². The van der Waals surface area contributed by atoms with E-state index in [0.29, 0.717) is 40.7 Å². The summed E-state index contributed by atoms with van der Waals surface area (Å²) >= 11 is 5.89. The molecule has 0 fully saturated rings. The van der Waals surface area contributed by atoms with Crippen molar-refractivity contribution >= 4 is 28.9 Å². The molecule has 0 spiro atoms. The van der Waals surface area contributed by atoms with Gasteiger partial charge in [0.15, 0.2) is 11.6 Å². The van der Waals surface area contributed by atoms with Crippen LogP contribution < -0.4 is 10.1 Å². The fourth-order valence-electron chi connectivity index (χ4n) is 3.33. The summed E-state index contributed by atoms with van der Waals surface area (Å²) in [5, 5.41) is 6.31. The summed E-state index contributed by atoms with van der Waals surface area (Å²) in [5.41, 5.74) is 2.07. The van der Waals surface area contributed by atoms with E-state index in [1.807, 2.05) is 0 Å². The Morgan fingerprint density at radius 3 is 2.74 bits per heavy atom. The maximum atomic E-state index is 13.6. The highest BCUT2D eigenvalue weighted by Crippen LogP contribution is 2.31. The Kier molecular flexibility index (Phi) is 7.17. The van der Waals surface area contributed by atoms with Gasteiger partial charge in [-0.15, -0.1) is 0 Å². The van der Waals surface area contributed by atoms with E-state index in [1.54, 1.807) is 37.3 Å². The van der Waals surface area contributed by atoms with Crippen LogP contribution in [-0.2, 0) is 4.79 Å². The van der Waals surface area contributed by atoms with Gasteiger partial charge in [0.05, 0.1) is 18.7 Å². The molecule has 1 N–H and O–H groups in total. The molecular formula is C25H20ClFN4O4. The number of rotatable bonds is 7. The molecule has 1 aliphatic rings. The molecule has 0 aliphatic heterocycles. The first kappa shape index (κ1) is 24.0. The molecular weight excluding hydrogens is 475 g/mol. The highest BCUT2D eigenvalue weighted by molar-refractivity contribution is 6.31. The number of halogens is 2. The Bertz CT molecular complexity index is 1390. The quantitative estimate of drug-likeness (QED) is 0.481. The number of amides is 1. The van der Waals surface area contributed by atoms with Crippen molar-refractivity contribution in [3.05, 3.63) is 88.5 Å². The lowest BCUT2D eigenvalue weighted by molar-refractivity contribution is -0.117. The van der Waals surface area contributed by atoms with Gasteiger partial charge in [-0.1, -0.05) is 35.0 Å². The van der Waals surface area contributed by atoms with E-state index in [0.717, 1.165) is 5.57 Å². The summed E-state index contributed by atoms with van der Waals surface area (Å²) in [4.78, 5) is 34.0. The molecule has 0 saturated carbocycles. The van der Waals surface area contributed by atoms with Crippen LogP contribution in [0.2, 0.25) is 5.02 Å². The Morgan fingerprint density at radius 2 is 2.03 bits per heavy atom. The largest absolute Gasteiger partial charge is 0.494 e. The van der Waals surface area contributed by atoms with E-state index < -0.39 is 17.5 Å². The van der Waals surface area contributed by atoms with Crippen LogP contribution in [0, 0.1) is 12.7 Å². The smallest absolute Gasteiger partial charge is 0.254 e. The third kappa shape index (κ3) is 5.52. The molecule has 0 saturated heterocycles. The molecule has 0 atom stereocenters.